The smallest absolute Gasteiger partial charge is 0.407 e. The molecule has 35 heavy (non-hydrogen) atoms. The van der Waals surface area contributed by atoms with Crippen molar-refractivity contribution in [2.45, 2.75) is 50.5 Å². The van der Waals surface area contributed by atoms with E-state index in [-0.39, 0.29) is 36.2 Å². The first-order chi connectivity index (χ1) is 17.0. The predicted molar refractivity (Wildman–Crippen MR) is 131 cm³/mol. The first-order valence-corrected chi connectivity index (χ1v) is 12.6. The number of carbonyl (C=O) groups is 3. The zero-order valence-electron chi connectivity index (χ0n) is 19.7. The van der Waals surface area contributed by atoms with Crippen molar-refractivity contribution in [2.75, 3.05) is 13.2 Å². The SMILES string of the molecule is O=C(NCC1CCCCC1C(=O)NC(C(=O)O)C1CC1)OCC1c2ccccc2-c2ccccc21. The number of carboxylic acid groups (broad SMARTS) is 1. The molecule has 7 heteroatoms. The highest BCUT2D eigenvalue weighted by atomic mass is 16.5. The molecule has 3 N–H and O–H groups in total. The van der Waals surface area contributed by atoms with Crippen molar-refractivity contribution in [3.63, 3.8) is 0 Å². The Morgan fingerprint density at radius 3 is 2.17 bits per heavy atom. The molecule has 2 amide bonds. The molecule has 3 aliphatic rings. The van der Waals surface area contributed by atoms with E-state index in [0.29, 0.717) is 13.0 Å². The zero-order valence-corrected chi connectivity index (χ0v) is 19.7. The first-order valence-electron chi connectivity index (χ1n) is 12.6. The molecule has 2 saturated carbocycles. The molecule has 3 unspecified atom stereocenters. The lowest BCUT2D eigenvalue weighted by Crippen LogP contribution is -2.48. The summed E-state index contributed by atoms with van der Waals surface area (Å²) in [5.74, 6) is -1.46. The van der Waals surface area contributed by atoms with E-state index in [1.54, 1.807) is 0 Å². The lowest BCUT2D eigenvalue weighted by molar-refractivity contribution is -0.143. The van der Waals surface area contributed by atoms with Gasteiger partial charge in [-0.3, -0.25) is 4.79 Å². The number of rotatable bonds is 8. The number of hydrogen-bond donors (Lipinski definition) is 3. The average Bonchev–Trinajstić information content (AvgIpc) is 3.67. The maximum atomic E-state index is 12.9. The molecule has 0 saturated heterocycles. The fourth-order valence-electron chi connectivity index (χ4n) is 5.73. The van der Waals surface area contributed by atoms with Crippen molar-refractivity contribution in [1.29, 1.82) is 0 Å². The second-order valence-corrected chi connectivity index (χ2v) is 10.0. The summed E-state index contributed by atoms with van der Waals surface area (Å²) in [6.07, 6.45) is 4.65. The predicted octanol–water partition coefficient (Wildman–Crippen LogP) is 4.31. The Balaban J connectivity index is 1.16. The van der Waals surface area contributed by atoms with Crippen LogP contribution in [-0.4, -0.2) is 42.3 Å². The summed E-state index contributed by atoms with van der Waals surface area (Å²) in [6.45, 7) is 0.589. The molecule has 3 atom stereocenters. The van der Waals surface area contributed by atoms with Crippen molar-refractivity contribution >= 4 is 18.0 Å². The second-order valence-electron chi connectivity index (χ2n) is 10.0. The third-order valence-electron chi connectivity index (χ3n) is 7.76. The molecule has 3 aliphatic carbocycles. The Morgan fingerprint density at radius 2 is 1.54 bits per heavy atom. The van der Waals surface area contributed by atoms with Gasteiger partial charge in [0.1, 0.15) is 12.6 Å². The third kappa shape index (κ3) is 5.04. The first kappa shape index (κ1) is 23.4. The van der Waals surface area contributed by atoms with E-state index in [4.69, 9.17) is 4.74 Å². The van der Waals surface area contributed by atoms with E-state index >= 15 is 0 Å². The monoisotopic (exact) mass is 476 g/mol. The molecule has 0 aliphatic heterocycles. The molecular formula is C28H32N2O5. The number of carbonyl (C=O) groups excluding carboxylic acids is 2. The van der Waals surface area contributed by atoms with Crippen molar-refractivity contribution < 1.29 is 24.2 Å². The van der Waals surface area contributed by atoms with Gasteiger partial charge < -0.3 is 20.5 Å². The molecule has 0 aromatic heterocycles. The van der Waals surface area contributed by atoms with Crippen LogP contribution >= 0.6 is 0 Å². The summed E-state index contributed by atoms with van der Waals surface area (Å²) in [4.78, 5) is 37.1. The van der Waals surface area contributed by atoms with Crippen LogP contribution in [0.4, 0.5) is 4.79 Å². The van der Waals surface area contributed by atoms with Crippen LogP contribution in [0.3, 0.4) is 0 Å². The summed E-state index contributed by atoms with van der Waals surface area (Å²) in [5, 5.41) is 15.1. The zero-order chi connectivity index (χ0) is 24.4. The van der Waals surface area contributed by atoms with Crippen molar-refractivity contribution in [3.8, 4) is 11.1 Å². The average molecular weight is 477 g/mol. The normalized spacial score (nSPS) is 21.9. The van der Waals surface area contributed by atoms with Gasteiger partial charge in [0, 0.05) is 18.4 Å². The topological polar surface area (TPSA) is 105 Å². The Bertz CT molecular complexity index is 1070. The third-order valence-corrected chi connectivity index (χ3v) is 7.76. The molecule has 2 aromatic rings. The molecule has 2 aromatic carbocycles. The molecule has 184 valence electrons. The lowest BCUT2D eigenvalue weighted by Gasteiger charge is -2.31. The van der Waals surface area contributed by atoms with Crippen molar-refractivity contribution in [2.24, 2.45) is 17.8 Å². The van der Waals surface area contributed by atoms with Crippen LogP contribution in [0.5, 0.6) is 0 Å². The highest BCUT2D eigenvalue weighted by molar-refractivity contribution is 5.85. The quantitative estimate of drug-likeness (QED) is 0.527. The minimum absolute atomic E-state index is 0.00303. The Morgan fingerprint density at radius 1 is 0.914 bits per heavy atom. The number of amides is 2. The van der Waals surface area contributed by atoms with Gasteiger partial charge in [-0.2, -0.15) is 0 Å². The molecule has 2 fully saturated rings. The van der Waals surface area contributed by atoms with E-state index in [9.17, 15) is 19.5 Å². The minimum atomic E-state index is -0.968. The molecule has 0 radical (unpaired) electrons. The summed E-state index contributed by atoms with van der Waals surface area (Å²) in [7, 11) is 0. The number of ether oxygens (including phenoxy) is 1. The maximum absolute atomic E-state index is 12.9. The fraction of sp³-hybridized carbons (Fsp3) is 0.464. The van der Waals surface area contributed by atoms with Crippen LogP contribution in [0.25, 0.3) is 11.1 Å². The maximum Gasteiger partial charge on any atom is 0.407 e. The van der Waals surface area contributed by atoms with Gasteiger partial charge in [-0.1, -0.05) is 61.4 Å². The number of nitrogens with one attached hydrogen (secondary N) is 2. The number of alkyl carbamates (subject to hydrolysis) is 1. The largest absolute Gasteiger partial charge is 0.480 e. The van der Waals surface area contributed by atoms with Gasteiger partial charge in [0.15, 0.2) is 0 Å². The van der Waals surface area contributed by atoms with Gasteiger partial charge in [0.2, 0.25) is 5.91 Å². The summed E-state index contributed by atoms with van der Waals surface area (Å²) in [6, 6.07) is 15.6. The van der Waals surface area contributed by atoms with Gasteiger partial charge in [-0.05, 0) is 59.8 Å². The van der Waals surface area contributed by atoms with Crippen LogP contribution in [0.1, 0.15) is 55.6 Å². The molecule has 7 nitrogen and oxygen atoms in total. The van der Waals surface area contributed by atoms with Gasteiger partial charge in [0.25, 0.3) is 0 Å². The van der Waals surface area contributed by atoms with E-state index < -0.39 is 18.1 Å². The van der Waals surface area contributed by atoms with Crippen molar-refractivity contribution in [3.05, 3.63) is 59.7 Å². The molecule has 5 rings (SSSR count). The fourth-order valence-corrected chi connectivity index (χ4v) is 5.73. The van der Waals surface area contributed by atoms with Gasteiger partial charge in [-0.25, -0.2) is 9.59 Å². The Kier molecular flexibility index (Phi) is 6.75. The lowest BCUT2D eigenvalue weighted by atomic mass is 9.78. The summed E-state index contributed by atoms with van der Waals surface area (Å²) < 4.78 is 5.63. The Labute approximate surface area is 205 Å². The van der Waals surface area contributed by atoms with Crippen LogP contribution < -0.4 is 10.6 Å². The van der Waals surface area contributed by atoms with E-state index in [1.165, 1.54) is 11.1 Å². The van der Waals surface area contributed by atoms with E-state index in [0.717, 1.165) is 43.2 Å². The van der Waals surface area contributed by atoms with Crippen LogP contribution in [-0.2, 0) is 14.3 Å². The Hall–Kier alpha value is -3.35. The van der Waals surface area contributed by atoms with Gasteiger partial charge in [0.05, 0.1) is 0 Å². The number of aliphatic carboxylic acids is 1. The number of hydrogen-bond acceptors (Lipinski definition) is 4. The summed E-state index contributed by atoms with van der Waals surface area (Å²) >= 11 is 0. The van der Waals surface area contributed by atoms with Crippen LogP contribution in [0.2, 0.25) is 0 Å². The molecular weight excluding hydrogens is 444 g/mol. The summed E-state index contributed by atoms with van der Waals surface area (Å²) in [5.41, 5.74) is 4.68. The van der Waals surface area contributed by atoms with Crippen LogP contribution in [0.15, 0.2) is 48.5 Å². The number of benzene rings is 2. The van der Waals surface area contributed by atoms with Gasteiger partial charge in [-0.15, -0.1) is 0 Å². The number of carboxylic acids is 1. The van der Waals surface area contributed by atoms with Gasteiger partial charge >= 0.3 is 12.1 Å². The molecule has 0 spiro atoms. The molecule has 0 bridgehead atoms. The van der Waals surface area contributed by atoms with E-state index in [2.05, 4.69) is 34.9 Å². The second kappa shape index (κ2) is 10.1. The minimum Gasteiger partial charge on any atom is -0.480 e. The number of fused-ring (bicyclic) bond motifs is 3. The highest BCUT2D eigenvalue weighted by Gasteiger charge is 2.40. The standard InChI is InChI=1S/C28H32N2O5/c31-26(30-25(27(32)33)17-13-14-17)19-8-2-1-7-18(19)15-29-28(34)35-16-24-22-11-5-3-9-20(22)21-10-4-6-12-23(21)24/h3-6,9-12,17-19,24-25H,1-2,7-8,13-16H2,(H,29,34)(H,30,31)(H,32,33). The van der Waals surface area contributed by atoms with Crippen LogP contribution in [0, 0.1) is 17.8 Å². The van der Waals surface area contributed by atoms with E-state index in [1.807, 2.05) is 24.3 Å². The highest BCUT2D eigenvalue weighted by Crippen LogP contribution is 2.44. The molecule has 0 heterocycles. The van der Waals surface area contributed by atoms with Crippen molar-refractivity contribution in [1.82, 2.24) is 10.6 Å².